The predicted octanol–water partition coefficient (Wildman–Crippen LogP) is 3.57. The first kappa shape index (κ1) is 21.4. The summed E-state index contributed by atoms with van der Waals surface area (Å²) in [4.78, 5) is 11.9. The second kappa shape index (κ2) is 11.9. The first-order valence-electron chi connectivity index (χ1n) is 7.19. The first-order valence-corrected chi connectivity index (χ1v) is 7.19. The molecule has 23 heavy (non-hydrogen) atoms. The van der Waals surface area contributed by atoms with Gasteiger partial charge in [-0.05, 0) is 31.5 Å². The van der Waals surface area contributed by atoms with Gasteiger partial charge in [0.05, 0.1) is 12.8 Å². The fraction of sp³-hybridized carbons (Fsp3) is 0.533. The van der Waals surface area contributed by atoms with E-state index in [0.717, 1.165) is 25.7 Å². The minimum atomic E-state index is -2.96. The van der Waals surface area contributed by atoms with Crippen LogP contribution in [0.15, 0.2) is 18.2 Å². The number of ether oxygens (including phenoxy) is 2. The molecule has 132 valence electrons. The van der Waals surface area contributed by atoms with Crippen LogP contribution in [-0.2, 0) is 4.79 Å². The van der Waals surface area contributed by atoms with Crippen LogP contribution >= 0.6 is 12.4 Å². The highest BCUT2D eigenvalue weighted by molar-refractivity contribution is 5.92. The van der Waals surface area contributed by atoms with Crippen LogP contribution in [0, 0.1) is 0 Å². The lowest BCUT2D eigenvalue weighted by Crippen LogP contribution is -2.13. The van der Waals surface area contributed by atoms with Crippen LogP contribution in [0.3, 0.4) is 0 Å². The fourth-order valence-electron chi connectivity index (χ4n) is 1.93. The van der Waals surface area contributed by atoms with Crippen LogP contribution in [0.4, 0.5) is 14.5 Å². The topological polar surface area (TPSA) is 73.6 Å². The summed E-state index contributed by atoms with van der Waals surface area (Å²) >= 11 is 0. The van der Waals surface area contributed by atoms with Crippen molar-refractivity contribution in [1.82, 2.24) is 0 Å². The number of unbranched alkanes of at least 4 members (excludes halogenated alkanes) is 3. The molecule has 1 aromatic rings. The highest BCUT2D eigenvalue weighted by Gasteiger charge is 2.13. The second-order valence-electron chi connectivity index (χ2n) is 4.74. The number of alkyl halides is 2. The number of methoxy groups -OCH3 is 1. The Balaban J connectivity index is 0.00000484. The molecule has 1 amide bonds. The van der Waals surface area contributed by atoms with Gasteiger partial charge in [-0.3, -0.25) is 4.79 Å². The number of hydrogen-bond donors (Lipinski definition) is 2. The number of hydrogen-bond acceptors (Lipinski definition) is 4. The number of anilines is 1. The first-order chi connectivity index (χ1) is 10.6. The van der Waals surface area contributed by atoms with Crippen molar-refractivity contribution in [3.63, 3.8) is 0 Å². The SMILES string of the molecule is COc1ccc(OC(F)F)c(NC(=O)CCCCCCN)c1.Cl. The molecule has 0 aromatic heterocycles. The average molecular weight is 353 g/mol. The normalized spacial score (nSPS) is 10.1. The van der Waals surface area contributed by atoms with E-state index in [2.05, 4.69) is 10.1 Å². The van der Waals surface area contributed by atoms with E-state index in [1.54, 1.807) is 0 Å². The number of nitrogens with two attached hydrogens (primary N) is 1. The molecule has 0 aliphatic rings. The molecule has 0 radical (unpaired) electrons. The van der Waals surface area contributed by atoms with Crippen molar-refractivity contribution in [3.8, 4) is 11.5 Å². The summed E-state index contributed by atoms with van der Waals surface area (Å²) in [6.07, 6.45) is 3.85. The molecule has 1 aromatic carbocycles. The third-order valence-corrected chi connectivity index (χ3v) is 3.03. The van der Waals surface area contributed by atoms with Crippen molar-refractivity contribution in [2.45, 2.75) is 38.7 Å². The van der Waals surface area contributed by atoms with Gasteiger partial charge in [0.1, 0.15) is 11.5 Å². The minimum absolute atomic E-state index is 0. The van der Waals surface area contributed by atoms with E-state index in [0.29, 0.717) is 18.7 Å². The number of benzene rings is 1. The van der Waals surface area contributed by atoms with E-state index in [9.17, 15) is 13.6 Å². The van der Waals surface area contributed by atoms with E-state index in [-0.39, 0.29) is 29.8 Å². The van der Waals surface area contributed by atoms with Crippen molar-refractivity contribution in [3.05, 3.63) is 18.2 Å². The standard InChI is InChI=1S/C15H22F2N2O3.ClH/c1-21-11-7-8-13(22-15(16)17)12(10-11)19-14(20)6-4-2-3-5-9-18;/h7-8,10,15H,2-6,9,18H2,1H3,(H,19,20);1H. The molecule has 3 N–H and O–H groups in total. The van der Waals surface area contributed by atoms with E-state index < -0.39 is 6.61 Å². The third-order valence-electron chi connectivity index (χ3n) is 3.03. The smallest absolute Gasteiger partial charge is 0.387 e. The minimum Gasteiger partial charge on any atom is -0.497 e. The number of carbonyl (C=O) groups excluding carboxylic acids is 1. The highest BCUT2D eigenvalue weighted by atomic mass is 35.5. The molecule has 0 saturated heterocycles. The third kappa shape index (κ3) is 8.56. The summed E-state index contributed by atoms with van der Waals surface area (Å²) < 4.78 is 34.1. The van der Waals surface area contributed by atoms with Gasteiger partial charge in [-0.1, -0.05) is 12.8 Å². The lowest BCUT2D eigenvalue weighted by molar-refractivity contribution is -0.116. The largest absolute Gasteiger partial charge is 0.497 e. The maximum atomic E-state index is 12.4. The molecule has 0 heterocycles. The van der Waals surface area contributed by atoms with Crippen LogP contribution in [0.25, 0.3) is 0 Å². The van der Waals surface area contributed by atoms with Gasteiger partial charge in [0.2, 0.25) is 5.91 Å². The summed E-state index contributed by atoms with van der Waals surface area (Å²) in [5, 5.41) is 2.58. The van der Waals surface area contributed by atoms with Gasteiger partial charge in [0.15, 0.2) is 0 Å². The number of halogens is 3. The molecule has 8 heteroatoms. The van der Waals surface area contributed by atoms with Gasteiger partial charge in [0.25, 0.3) is 0 Å². The zero-order valence-electron chi connectivity index (χ0n) is 13.0. The number of carbonyl (C=O) groups is 1. The molecule has 0 aliphatic carbocycles. The Bertz CT molecular complexity index is 476. The number of rotatable bonds is 10. The van der Waals surface area contributed by atoms with Crippen LogP contribution in [-0.4, -0.2) is 26.2 Å². The van der Waals surface area contributed by atoms with Crippen molar-refractivity contribution in [1.29, 1.82) is 0 Å². The molecule has 5 nitrogen and oxygen atoms in total. The molecule has 0 aliphatic heterocycles. The maximum absolute atomic E-state index is 12.4. The van der Waals surface area contributed by atoms with Crippen molar-refractivity contribution < 1.29 is 23.0 Å². The predicted molar refractivity (Wildman–Crippen MR) is 87.6 cm³/mol. The Morgan fingerprint density at radius 3 is 2.57 bits per heavy atom. The number of nitrogens with one attached hydrogen (secondary N) is 1. The molecular formula is C15H23ClF2N2O3. The molecule has 1 rings (SSSR count). The average Bonchev–Trinajstić information content (AvgIpc) is 2.48. The van der Waals surface area contributed by atoms with E-state index in [1.807, 2.05) is 0 Å². The summed E-state index contributed by atoms with van der Waals surface area (Å²) in [6.45, 7) is -2.31. The molecule has 0 bridgehead atoms. The van der Waals surface area contributed by atoms with Crippen molar-refractivity contribution in [2.75, 3.05) is 19.0 Å². The lowest BCUT2D eigenvalue weighted by atomic mass is 10.1. The van der Waals surface area contributed by atoms with Crippen LogP contribution in [0.1, 0.15) is 32.1 Å². The van der Waals surface area contributed by atoms with Gasteiger partial charge in [-0.15, -0.1) is 12.4 Å². The summed E-state index contributed by atoms with van der Waals surface area (Å²) in [7, 11) is 1.45. The van der Waals surface area contributed by atoms with Gasteiger partial charge in [-0.25, -0.2) is 0 Å². The molecular weight excluding hydrogens is 330 g/mol. The monoisotopic (exact) mass is 352 g/mol. The molecule has 0 saturated carbocycles. The Labute approximate surface area is 140 Å². The summed E-state index contributed by atoms with van der Waals surface area (Å²) in [5.41, 5.74) is 5.56. The summed E-state index contributed by atoms with van der Waals surface area (Å²) in [5.74, 6) is 0.104. The maximum Gasteiger partial charge on any atom is 0.387 e. The van der Waals surface area contributed by atoms with Gasteiger partial charge >= 0.3 is 6.61 Å². The lowest BCUT2D eigenvalue weighted by Gasteiger charge is -2.13. The molecule has 0 atom stereocenters. The van der Waals surface area contributed by atoms with Crippen molar-refractivity contribution in [2.24, 2.45) is 5.73 Å². The highest BCUT2D eigenvalue weighted by Crippen LogP contribution is 2.30. The molecule has 0 unspecified atom stereocenters. The second-order valence-corrected chi connectivity index (χ2v) is 4.74. The van der Waals surface area contributed by atoms with Gasteiger partial charge in [0, 0.05) is 12.5 Å². The quantitative estimate of drug-likeness (QED) is 0.631. The zero-order chi connectivity index (χ0) is 16.4. The van der Waals surface area contributed by atoms with E-state index in [4.69, 9.17) is 10.5 Å². The number of amides is 1. The van der Waals surface area contributed by atoms with E-state index in [1.165, 1.54) is 25.3 Å². The van der Waals surface area contributed by atoms with Crippen LogP contribution in [0.5, 0.6) is 11.5 Å². The van der Waals surface area contributed by atoms with Gasteiger partial charge in [-0.2, -0.15) is 8.78 Å². The van der Waals surface area contributed by atoms with Crippen molar-refractivity contribution >= 4 is 24.0 Å². The Hall–Kier alpha value is -1.60. The Morgan fingerprint density at radius 2 is 1.96 bits per heavy atom. The van der Waals surface area contributed by atoms with Crippen LogP contribution in [0.2, 0.25) is 0 Å². The van der Waals surface area contributed by atoms with Gasteiger partial charge < -0.3 is 20.5 Å². The van der Waals surface area contributed by atoms with Crippen LogP contribution < -0.4 is 20.5 Å². The summed E-state index contributed by atoms with van der Waals surface area (Å²) in [6, 6.07) is 4.27. The Morgan fingerprint density at radius 1 is 1.26 bits per heavy atom. The fourth-order valence-corrected chi connectivity index (χ4v) is 1.93. The molecule has 0 fully saturated rings. The zero-order valence-corrected chi connectivity index (χ0v) is 13.8. The Kier molecular flexibility index (Phi) is 11.1. The molecule has 0 spiro atoms. The van der Waals surface area contributed by atoms with E-state index >= 15 is 0 Å².